The van der Waals surface area contributed by atoms with E-state index in [0.717, 1.165) is 12.1 Å². The second-order valence-electron chi connectivity index (χ2n) is 2.35. The minimum atomic E-state index is -4.92. The summed E-state index contributed by atoms with van der Waals surface area (Å²) in [5.41, 5.74) is 7.47. The lowest BCUT2D eigenvalue weighted by atomic mass is 10.3. The monoisotopic (exact) mass is 221 g/mol. The van der Waals surface area contributed by atoms with Gasteiger partial charge in [-0.05, 0) is 23.7 Å². The highest BCUT2D eigenvalue weighted by Gasteiger charge is 2.32. The van der Waals surface area contributed by atoms with Gasteiger partial charge < -0.3 is 4.74 Å². The van der Waals surface area contributed by atoms with Gasteiger partial charge >= 0.3 is 6.36 Å². The van der Waals surface area contributed by atoms with Gasteiger partial charge in [-0.1, -0.05) is 5.11 Å². The Morgan fingerprint density at radius 2 is 2.00 bits per heavy atom. The first-order valence-electron chi connectivity index (χ1n) is 3.53. The van der Waals surface area contributed by atoms with Crippen LogP contribution in [0.4, 0.5) is 23.2 Å². The molecule has 15 heavy (non-hydrogen) atoms. The van der Waals surface area contributed by atoms with E-state index in [-0.39, 0.29) is 0 Å². The minimum Gasteiger partial charge on any atom is -0.405 e. The van der Waals surface area contributed by atoms with Crippen molar-refractivity contribution < 1.29 is 22.3 Å². The highest BCUT2D eigenvalue weighted by atomic mass is 19.4. The Kier molecular flexibility index (Phi) is 3.01. The Hall–Kier alpha value is -1.95. The number of rotatable bonds is 2. The predicted molar refractivity (Wildman–Crippen MR) is 41.9 cm³/mol. The van der Waals surface area contributed by atoms with Crippen LogP contribution in [0.15, 0.2) is 23.3 Å². The van der Waals surface area contributed by atoms with Crippen molar-refractivity contribution in [3.8, 4) is 5.75 Å². The molecule has 1 aromatic carbocycles. The molecule has 0 amide bonds. The van der Waals surface area contributed by atoms with Crippen molar-refractivity contribution in [2.75, 3.05) is 0 Å². The van der Waals surface area contributed by atoms with Gasteiger partial charge in [0.05, 0.1) is 5.69 Å². The summed E-state index contributed by atoms with van der Waals surface area (Å²) in [7, 11) is 0. The van der Waals surface area contributed by atoms with Crippen molar-refractivity contribution in [3.05, 3.63) is 34.5 Å². The summed E-state index contributed by atoms with van der Waals surface area (Å²) in [6.07, 6.45) is -4.92. The maximum absolute atomic E-state index is 12.6. The molecule has 0 aliphatic carbocycles. The molecule has 0 aromatic heterocycles. The lowest BCUT2D eigenvalue weighted by Crippen LogP contribution is -2.17. The fraction of sp³-hybridized carbons (Fsp3) is 0.143. The lowest BCUT2D eigenvalue weighted by molar-refractivity contribution is -0.274. The summed E-state index contributed by atoms with van der Waals surface area (Å²) >= 11 is 0. The molecule has 0 aliphatic heterocycles. The number of halogens is 4. The van der Waals surface area contributed by atoms with E-state index in [1.165, 1.54) is 0 Å². The van der Waals surface area contributed by atoms with Gasteiger partial charge in [-0.2, -0.15) is 0 Å². The zero-order valence-corrected chi connectivity index (χ0v) is 6.99. The summed E-state index contributed by atoms with van der Waals surface area (Å²) in [5.74, 6) is -1.58. The zero-order valence-electron chi connectivity index (χ0n) is 6.99. The molecular weight excluding hydrogens is 218 g/mol. The number of azide groups is 1. The Morgan fingerprint density at radius 1 is 1.33 bits per heavy atom. The molecule has 0 N–H and O–H groups in total. The molecule has 1 rings (SSSR count). The average Bonchev–Trinajstić information content (AvgIpc) is 2.08. The number of alkyl halides is 3. The molecule has 0 bridgehead atoms. The van der Waals surface area contributed by atoms with E-state index < -0.39 is 23.6 Å². The molecule has 80 valence electrons. The van der Waals surface area contributed by atoms with Gasteiger partial charge in [0, 0.05) is 4.91 Å². The van der Waals surface area contributed by atoms with Crippen LogP contribution in [0.5, 0.6) is 5.75 Å². The minimum absolute atomic E-state index is 0.560. The van der Waals surface area contributed by atoms with E-state index in [1.54, 1.807) is 0 Å². The number of hydrogen-bond donors (Lipinski definition) is 0. The van der Waals surface area contributed by atoms with Crippen molar-refractivity contribution in [2.45, 2.75) is 6.36 Å². The van der Waals surface area contributed by atoms with E-state index in [9.17, 15) is 17.6 Å². The third-order valence-electron chi connectivity index (χ3n) is 1.30. The molecule has 0 heterocycles. The van der Waals surface area contributed by atoms with Crippen molar-refractivity contribution >= 4 is 5.69 Å². The summed E-state index contributed by atoms with van der Waals surface area (Å²) in [4.78, 5) is 2.25. The highest BCUT2D eigenvalue weighted by molar-refractivity contribution is 5.51. The van der Waals surface area contributed by atoms with E-state index >= 15 is 0 Å². The SMILES string of the molecule is [N-]=[N+]=Nc1cc(F)ccc1OC(F)(F)F. The average molecular weight is 221 g/mol. The molecule has 0 radical (unpaired) electrons. The van der Waals surface area contributed by atoms with E-state index in [0.29, 0.717) is 6.07 Å². The molecule has 0 unspecified atom stereocenters. The first-order valence-corrected chi connectivity index (χ1v) is 3.53. The molecule has 8 heteroatoms. The second-order valence-corrected chi connectivity index (χ2v) is 2.35. The number of hydrogen-bond acceptors (Lipinski definition) is 2. The summed E-state index contributed by atoms with van der Waals surface area (Å²) in [6, 6.07) is 2.13. The largest absolute Gasteiger partial charge is 0.573 e. The van der Waals surface area contributed by atoms with Crippen molar-refractivity contribution in [2.24, 2.45) is 5.11 Å². The summed E-state index contributed by atoms with van der Waals surface area (Å²) in [6.45, 7) is 0. The van der Waals surface area contributed by atoms with Crippen LogP contribution in [-0.2, 0) is 0 Å². The van der Waals surface area contributed by atoms with Crippen LogP contribution >= 0.6 is 0 Å². The number of ether oxygens (including phenoxy) is 1. The smallest absolute Gasteiger partial charge is 0.405 e. The van der Waals surface area contributed by atoms with Crippen LogP contribution in [0.2, 0.25) is 0 Å². The first-order chi connectivity index (χ1) is 6.92. The molecule has 0 spiro atoms. The molecule has 4 nitrogen and oxygen atoms in total. The topological polar surface area (TPSA) is 58.0 Å². The molecule has 0 atom stereocenters. The van der Waals surface area contributed by atoms with Crippen LogP contribution in [0, 0.1) is 5.82 Å². The molecular formula is C7H3F4N3O. The fourth-order valence-corrected chi connectivity index (χ4v) is 0.828. The van der Waals surface area contributed by atoms with E-state index in [2.05, 4.69) is 14.8 Å². The van der Waals surface area contributed by atoms with E-state index in [1.807, 2.05) is 0 Å². The highest BCUT2D eigenvalue weighted by Crippen LogP contribution is 2.32. The van der Waals surface area contributed by atoms with Gasteiger partial charge in [0.15, 0.2) is 0 Å². The molecule has 0 fully saturated rings. The normalized spacial score (nSPS) is 10.7. The van der Waals surface area contributed by atoms with Crippen LogP contribution < -0.4 is 4.74 Å². The third-order valence-corrected chi connectivity index (χ3v) is 1.30. The standard InChI is InChI=1S/C7H3F4N3O/c8-4-1-2-6(15-7(9,10)11)5(3-4)13-14-12/h1-3H. The Morgan fingerprint density at radius 3 is 2.53 bits per heavy atom. The van der Waals surface area contributed by atoms with Crippen LogP contribution in [0.25, 0.3) is 10.4 Å². The van der Waals surface area contributed by atoms with Crippen molar-refractivity contribution in [3.63, 3.8) is 0 Å². The van der Waals surface area contributed by atoms with Gasteiger partial charge in [0.2, 0.25) is 0 Å². The number of benzene rings is 1. The van der Waals surface area contributed by atoms with Gasteiger partial charge in [-0.3, -0.25) is 0 Å². The Balaban J connectivity index is 3.11. The summed E-state index contributed by atoms with van der Waals surface area (Å²) < 4.78 is 51.5. The molecule has 1 aromatic rings. The third kappa shape index (κ3) is 3.35. The van der Waals surface area contributed by atoms with Crippen LogP contribution in [-0.4, -0.2) is 6.36 Å². The number of nitrogens with zero attached hydrogens (tertiary/aromatic N) is 3. The maximum atomic E-state index is 12.6. The van der Waals surface area contributed by atoms with Crippen LogP contribution in [0.3, 0.4) is 0 Å². The maximum Gasteiger partial charge on any atom is 0.573 e. The summed E-state index contributed by atoms with van der Waals surface area (Å²) in [5, 5.41) is 2.87. The lowest BCUT2D eigenvalue weighted by Gasteiger charge is -2.10. The van der Waals surface area contributed by atoms with Crippen molar-refractivity contribution in [1.82, 2.24) is 0 Å². The van der Waals surface area contributed by atoms with Gasteiger partial charge in [-0.25, -0.2) is 4.39 Å². The van der Waals surface area contributed by atoms with Gasteiger partial charge in [-0.15, -0.1) is 13.2 Å². The fourth-order valence-electron chi connectivity index (χ4n) is 0.828. The van der Waals surface area contributed by atoms with E-state index in [4.69, 9.17) is 5.53 Å². The second kappa shape index (κ2) is 4.05. The Labute approximate surface area is 80.7 Å². The van der Waals surface area contributed by atoms with Gasteiger partial charge in [0.25, 0.3) is 0 Å². The molecule has 0 saturated heterocycles. The first kappa shape index (κ1) is 11.1. The quantitative estimate of drug-likeness (QED) is 0.325. The van der Waals surface area contributed by atoms with Gasteiger partial charge in [0.1, 0.15) is 11.6 Å². The molecule has 0 aliphatic rings. The predicted octanol–water partition coefficient (Wildman–Crippen LogP) is 3.67. The van der Waals surface area contributed by atoms with Crippen molar-refractivity contribution in [1.29, 1.82) is 0 Å². The Bertz CT molecular complexity index is 411. The zero-order chi connectivity index (χ0) is 11.5. The molecule has 0 saturated carbocycles. The van der Waals surface area contributed by atoms with Crippen LogP contribution in [0.1, 0.15) is 0 Å².